The highest BCUT2D eigenvalue weighted by Crippen LogP contribution is 2.26. The zero-order chi connectivity index (χ0) is 17.8. The molecule has 1 aromatic carbocycles. The van der Waals surface area contributed by atoms with Crippen LogP contribution in [0.5, 0.6) is 11.6 Å². The second-order valence-electron chi connectivity index (χ2n) is 6.16. The smallest absolute Gasteiger partial charge is 0.326 e. The van der Waals surface area contributed by atoms with E-state index in [1.165, 1.54) is 23.5 Å². The van der Waals surface area contributed by atoms with Crippen molar-refractivity contribution in [2.75, 3.05) is 6.54 Å². The molecule has 7 heteroatoms. The van der Waals surface area contributed by atoms with Crippen molar-refractivity contribution in [2.45, 2.75) is 25.8 Å². The second kappa shape index (κ2) is 7.29. The maximum absolute atomic E-state index is 12.8. The summed E-state index contributed by atoms with van der Waals surface area (Å²) in [6.07, 6.45) is 5.79. The van der Waals surface area contributed by atoms with Crippen molar-refractivity contribution in [3.8, 4) is 11.6 Å². The summed E-state index contributed by atoms with van der Waals surface area (Å²) in [5.41, 5.74) is 0.391. The SMILES string of the molecule is CC1CCN(C(=O)c2cccc(Oc3cnccn3)c2)C(C(=O)O)C1. The molecule has 0 bridgehead atoms. The van der Waals surface area contributed by atoms with Crippen LogP contribution in [-0.4, -0.2) is 44.4 Å². The fourth-order valence-corrected chi connectivity index (χ4v) is 2.94. The number of piperidine rings is 1. The lowest BCUT2D eigenvalue weighted by Crippen LogP contribution is -2.49. The van der Waals surface area contributed by atoms with Gasteiger partial charge in [-0.25, -0.2) is 9.78 Å². The van der Waals surface area contributed by atoms with Crippen LogP contribution in [0.4, 0.5) is 0 Å². The number of hydrogen-bond donors (Lipinski definition) is 1. The molecular formula is C18H19N3O4. The second-order valence-corrected chi connectivity index (χ2v) is 6.16. The molecule has 1 aromatic heterocycles. The molecule has 1 N–H and O–H groups in total. The molecule has 1 aliphatic heterocycles. The van der Waals surface area contributed by atoms with Crippen LogP contribution in [0.25, 0.3) is 0 Å². The maximum Gasteiger partial charge on any atom is 0.326 e. The van der Waals surface area contributed by atoms with Gasteiger partial charge in [-0.2, -0.15) is 0 Å². The van der Waals surface area contributed by atoms with Crippen LogP contribution in [0, 0.1) is 5.92 Å². The van der Waals surface area contributed by atoms with E-state index in [0.717, 1.165) is 6.42 Å². The molecule has 7 nitrogen and oxygen atoms in total. The van der Waals surface area contributed by atoms with Gasteiger partial charge in [-0.15, -0.1) is 0 Å². The summed E-state index contributed by atoms with van der Waals surface area (Å²) in [5, 5.41) is 9.44. The molecule has 130 valence electrons. The Morgan fingerprint density at radius 3 is 2.88 bits per heavy atom. The number of carboxylic acids is 1. The fourth-order valence-electron chi connectivity index (χ4n) is 2.94. The molecule has 1 aliphatic rings. The first-order valence-electron chi connectivity index (χ1n) is 8.12. The van der Waals surface area contributed by atoms with Gasteiger partial charge in [-0.1, -0.05) is 13.0 Å². The Labute approximate surface area is 145 Å². The number of ether oxygens (including phenoxy) is 1. The Morgan fingerprint density at radius 2 is 2.16 bits per heavy atom. The maximum atomic E-state index is 12.8. The number of carbonyl (C=O) groups is 2. The predicted octanol–water partition coefficient (Wildman–Crippen LogP) is 2.59. The van der Waals surface area contributed by atoms with Gasteiger partial charge in [0.1, 0.15) is 11.8 Å². The van der Waals surface area contributed by atoms with Crippen LogP contribution < -0.4 is 4.74 Å². The lowest BCUT2D eigenvalue weighted by atomic mass is 9.92. The van der Waals surface area contributed by atoms with E-state index in [4.69, 9.17) is 4.74 Å². The Morgan fingerprint density at radius 1 is 1.32 bits per heavy atom. The molecule has 2 aromatic rings. The van der Waals surface area contributed by atoms with Gasteiger partial charge in [0.2, 0.25) is 5.88 Å². The van der Waals surface area contributed by atoms with Gasteiger partial charge in [-0.05, 0) is 37.0 Å². The number of hydrogen-bond acceptors (Lipinski definition) is 5. The fraction of sp³-hybridized carbons (Fsp3) is 0.333. The third kappa shape index (κ3) is 3.93. The van der Waals surface area contributed by atoms with E-state index in [2.05, 4.69) is 9.97 Å². The molecule has 0 radical (unpaired) electrons. The zero-order valence-corrected chi connectivity index (χ0v) is 13.8. The summed E-state index contributed by atoms with van der Waals surface area (Å²) in [7, 11) is 0. The van der Waals surface area contributed by atoms with Crippen molar-refractivity contribution >= 4 is 11.9 Å². The monoisotopic (exact) mass is 341 g/mol. The number of aromatic nitrogens is 2. The van der Waals surface area contributed by atoms with Gasteiger partial charge in [0.05, 0.1) is 6.20 Å². The summed E-state index contributed by atoms with van der Waals surface area (Å²) >= 11 is 0. The lowest BCUT2D eigenvalue weighted by molar-refractivity contribution is -0.144. The molecular weight excluding hydrogens is 322 g/mol. The Hall–Kier alpha value is -2.96. The van der Waals surface area contributed by atoms with Crippen molar-refractivity contribution < 1.29 is 19.4 Å². The lowest BCUT2D eigenvalue weighted by Gasteiger charge is -2.36. The first-order valence-corrected chi connectivity index (χ1v) is 8.12. The van der Waals surface area contributed by atoms with Crippen LogP contribution in [-0.2, 0) is 4.79 Å². The van der Waals surface area contributed by atoms with Gasteiger partial charge < -0.3 is 14.7 Å². The van der Waals surface area contributed by atoms with E-state index in [1.807, 2.05) is 6.92 Å². The van der Waals surface area contributed by atoms with Gasteiger partial charge in [0, 0.05) is 24.5 Å². The Balaban J connectivity index is 1.80. The minimum atomic E-state index is -0.966. The normalized spacial score (nSPS) is 20.1. The van der Waals surface area contributed by atoms with E-state index in [1.54, 1.807) is 24.3 Å². The van der Waals surface area contributed by atoms with Crippen LogP contribution >= 0.6 is 0 Å². The minimum Gasteiger partial charge on any atom is -0.480 e. The van der Waals surface area contributed by atoms with E-state index in [9.17, 15) is 14.7 Å². The molecule has 0 spiro atoms. The number of benzene rings is 1. The largest absolute Gasteiger partial charge is 0.480 e. The zero-order valence-electron chi connectivity index (χ0n) is 13.8. The molecule has 2 unspecified atom stereocenters. The van der Waals surface area contributed by atoms with Crippen LogP contribution in [0.15, 0.2) is 42.9 Å². The summed E-state index contributed by atoms with van der Waals surface area (Å²) < 4.78 is 5.59. The average molecular weight is 341 g/mol. The summed E-state index contributed by atoms with van der Waals surface area (Å²) in [6.45, 7) is 2.44. The van der Waals surface area contributed by atoms with Crippen molar-refractivity contribution in [1.29, 1.82) is 0 Å². The van der Waals surface area contributed by atoms with Gasteiger partial charge >= 0.3 is 5.97 Å². The third-order valence-corrected chi connectivity index (χ3v) is 4.25. The summed E-state index contributed by atoms with van der Waals surface area (Å²) in [4.78, 5) is 33.7. The van der Waals surface area contributed by atoms with Crippen LogP contribution in [0.3, 0.4) is 0 Å². The van der Waals surface area contributed by atoms with Crippen molar-refractivity contribution in [2.24, 2.45) is 5.92 Å². The Kier molecular flexibility index (Phi) is 4.92. The number of carboxylic acid groups (broad SMARTS) is 1. The molecule has 0 saturated carbocycles. The summed E-state index contributed by atoms with van der Waals surface area (Å²) in [6, 6.07) is 5.86. The molecule has 0 aliphatic carbocycles. The Bertz CT molecular complexity index is 766. The molecule has 2 heterocycles. The van der Waals surface area contributed by atoms with E-state index >= 15 is 0 Å². The van der Waals surface area contributed by atoms with E-state index in [-0.39, 0.29) is 11.8 Å². The van der Waals surface area contributed by atoms with Gasteiger partial charge in [-0.3, -0.25) is 9.78 Å². The average Bonchev–Trinajstić information content (AvgIpc) is 2.62. The highest BCUT2D eigenvalue weighted by molar-refractivity contribution is 5.97. The quantitative estimate of drug-likeness (QED) is 0.919. The van der Waals surface area contributed by atoms with E-state index in [0.29, 0.717) is 30.2 Å². The third-order valence-electron chi connectivity index (χ3n) is 4.25. The van der Waals surface area contributed by atoms with Crippen molar-refractivity contribution in [1.82, 2.24) is 14.9 Å². The van der Waals surface area contributed by atoms with Gasteiger partial charge in [0.15, 0.2) is 0 Å². The van der Waals surface area contributed by atoms with Crippen molar-refractivity contribution in [3.05, 3.63) is 48.4 Å². The molecule has 1 saturated heterocycles. The molecule has 2 atom stereocenters. The summed E-state index contributed by atoms with van der Waals surface area (Å²) in [5.74, 6) is -0.210. The number of aliphatic carboxylic acids is 1. The van der Waals surface area contributed by atoms with Gasteiger partial charge in [0.25, 0.3) is 5.91 Å². The molecule has 1 fully saturated rings. The van der Waals surface area contributed by atoms with E-state index < -0.39 is 12.0 Å². The number of nitrogens with zero attached hydrogens (tertiary/aromatic N) is 3. The standard InChI is InChI=1S/C18H19N3O4/c1-12-5-8-21(15(9-12)18(23)24)17(22)13-3-2-4-14(10-13)25-16-11-19-6-7-20-16/h2-4,6-7,10-12,15H,5,8-9H2,1H3,(H,23,24). The first kappa shape index (κ1) is 16.9. The topological polar surface area (TPSA) is 92.6 Å². The minimum absolute atomic E-state index is 0.288. The number of carbonyl (C=O) groups excluding carboxylic acids is 1. The highest BCUT2D eigenvalue weighted by atomic mass is 16.5. The highest BCUT2D eigenvalue weighted by Gasteiger charge is 2.35. The number of rotatable bonds is 4. The number of likely N-dealkylation sites (tertiary alicyclic amines) is 1. The first-order chi connectivity index (χ1) is 12.0. The van der Waals surface area contributed by atoms with Crippen molar-refractivity contribution in [3.63, 3.8) is 0 Å². The molecule has 25 heavy (non-hydrogen) atoms. The predicted molar refractivity (Wildman–Crippen MR) is 89.4 cm³/mol. The van der Waals surface area contributed by atoms with Crippen LogP contribution in [0.1, 0.15) is 30.1 Å². The molecule has 1 amide bonds. The molecule has 3 rings (SSSR count). The van der Waals surface area contributed by atoms with Crippen LogP contribution in [0.2, 0.25) is 0 Å². The number of amides is 1.